The number of benzene rings is 1. The molecule has 3 heterocycles. The molecule has 1 aromatic carbocycles. The fourth-order valence-electron chi connectivity index (χ4n) is 3.49. The molecule has 0 radical (unpaired) electrons. The highest BCUT2D eigenvalue weighted by Crippen LogP contribution is 2.30. The van der Waals surface area contributed by atoms with Crippen molar-refractivity contribution in [2.75, 3.05) is 7.11 Å². The number of hydrogen-bond acceptors (Lipinski definition) is 4. The zero-order chi connectivity index (χ0) is 20.1. The lowest BCUT2D eigenvalue weighted by Crippen LogP contribution is -1.99. The Hall–Kier alpha value is -3.47. The minimum Gasteiger partial charge on any atom is -0.481 e. The van der Waals surface area contributed by atoms with E-state index in [1.165, 1.54) is 16.7 Å². The Labute approximate surface area is 171 Å². The fourth-order valence-corrected chi connectivity index (χ4v) is 3.49. The molecule has 5 nitrogen and oxygen atoms in total. The third-order valence-electron chi connectivity index (χ3n) is 5.00. The van der Waals surface area contributed by atoms with Crippen LogP contribution in [-0.2, 0) is 26.3 Å². The second-order valence-electron chi connectivity index (χ2n) is 7.07. The van der Waals surface area contributed by atoms with Crippen molar-refractivity contribution in [1.29, 1.82) is 0 Å². The topological polar surface area (TPSA) is 52.8 Å². The molecule has 0 aliphatic carbocycles. The van der Waals surface area contributed by atoms with Gasteiger partial charge in [-0.3, -0.25) is 9.67 Å². The van der Waals surface area contributed by atoms with Gasteiger partial charge in [0, 0.05) is 43.2 Å². The van der Waals surface area contributed by atoms with Crippen LogP contribution in [-0.4, -0.2) is 26.9 Å². The smallest absolute Gasteiger partial charge is 0.221 e. The summed E-state index contributed by atoms with van der Waals surface area (Å²) in [5.74, 6) is 0.618. The van der Waals surface area contributed by atoms with Crippen molar-refractivity contribution >= 4 is 0 Å². The van der Waals surface area contributed by atoms with Crippen LogP contribution in [0.3, 0.4) is 0 Å². The highest BCUT2D eigenvalue weighted by Gasteiger charge is 2.12. The van der Waals surface area contributed by atoms with Crippen LogP contribution < -0.4 is 4.74 Å². The fraction of sp³-hybridized carbons (Fsp3) is 0.208. The Morgan fingerprint density at radius 2 is 1.52 bits per heavy atom. The largest absolute Gasteiger partial charge is 0.481 e. The van der Waals surface area contributed by atoms with Crippen molar-refractivity contribution in [3.8, 4) is 17.0 Å². The van der Waals surface area contributed by atoms with Gasteiger partial charge >= 0.3 is 0 Å². The first-order valence-electron chi connectivity index (χ1n) is 9.71. The van der Waals surface area contributed by atoms with Crippen LogP contribution in [0.15, 0.2) is 73.3 Å². The third kappa shape index (κ3) is 4.51. The summed E-state index contributed by atoms with van der Waals surface area (Å²) < 4.78 is 7.29. The van der Waals surface area contributed by atoms with E-state index in [0.717, 1.165) is 36.1 Å². The molecule has 0 aliphatic rings. The van der Waals surface area contributed by atoms with E-state index in [1.807, 2.05) is 42.3 Å². The number of aryl methyl sites for hydroxylation is 3. The second kappa shape index (κ2) is 8.69. The molecule has 146 valence electrons. The molecule has 4 aromatic rings. The van der Waals surface area contributed by atoms with E-state index in [9.17, 15) is 0 Å². The van der Waals surface area contributed by atoms with Gasteiger partial charge in [-0.25, -0.2) is 4.98 Å². The third-order valence-corrected chi connectivity index (χ3v) is 5.00. The molecule has 0 bridgehead atoms. The lowest BCUT2D eigenvalue weighted by atomic mass is 9.98. The predicted molar refractivity (Wildman–Crippen MR) is 114 cm³/mol. The summed E-state index contributed by atoms with van der Waals surface area (Å²) in [6.07, 6.45) is 10.4. The molecule has 0 unspecified atom stereocenters. The number of methoxy groups -OCH3 is 1. The maximum absolute atomic E-state index is 5.44. The molecular formula is C24H24N4O. The Morgan fingerprint density at radius 1 is 0.828 bits per heavy atom. The Kier molecular flexibility index (Phi) is 5.66. The predicted octanol–water partition coefficient (Wildman–Crippen LogP) is 4.26. The van der Waals surface area contributed by atoms with Crippen LogP contribution in [0.25, 0.3) is 11.1 Å². The van der Waals surface area contributed by atoms with Crippen LogP contribution in [0.2, 0.25) is 0 Å². The van der Waals surface area contributed by atoms with E-state index in [0.29, 0.717) is 5.88 Å². The lowest BCUT2D eigenvalue weighted by Gasteiger charge is -2.12. The summed E-state index contributed by atoms with van der Waals surface area (Å²) in [6, 6.07) is 16.8. The molecular weight excluding hydrogens is 360 g/mol. The number of nitrogens with zero attached hydrogens (tertiary/aromatic N) is 4. The van der Waals surface area contributed by atoms with Crippen LogP contribution in [0.5, 0.6) is 5.88 Å². The normalized spacial score (nSPS) is 10.8. The zero-order valence-corrected chi connectivity index (χ0v) is 16.7. The minimum atomic E-state index is 0.618. The SMILES string of the molecule is COc1ncccc1-c1cccnc1Cc1ccc(CCc2cnn(C)c2)cc1. The van der Waals surface area contributed by atoms with Gasteiger partial charge in [-0.1, -0.05) is 30.3 Å². The van der Waals surface area contributed by atoms with Gasteiger partial charge < -0.3 is 4.74 Å². The van der Waals surface area contributed by atoms with Gasteiger partial charge in [-0.15, -0.1) is 0 Å². The molecule has 0 N–H and O–H groups in total. The monoisotopic (exact) mass is 384 g/mol. The summed E-state index contributed by atoms with van der Waals surface area (Å²) in [5, 5.41) is 4.23. The molecule has 4 rings (SSSR count). The maximum atomic E-state index is 5.44. The summed E-state index contributed by atoms with van der Waals surface area (Å²) in [7, 11) is 3.59. The number of hydrogen-bond donors (Lipinski definition) is 0. The second-order valence-corrected chi connectivity index (χ2v) is 7.07. The average Bonchev–Trinajstić information content (AvgIpc) is 3.19. The van der Waals surface area contributed by atoms with Crippen molar-refractivity contribution in [2.24, 2.45) is 7.05 Å². The van der Waals surface area contributed by atoms with Crippen molar-refractivity contribution in [3.63, 3.8) is 0 Å². The molecule has 0 amide bonds. The van der Waals surface area contributed by atoms with Gasteiger partial charge in [0.25, 0.3) is 0 Å². The van der Waals surface area contributed by atoms with Gasteiger partial charge in [0.15, 0.2) is 0 Å². The first-order chi connectivity index (χ1) is 14.2. The van der Waals surface area contributed by atoms with Crippen molar-refractivity contribution < 1.29 is 4.74 Å². The molecule has 0 aliphatic heterocycles. The number of aromatic nitrogens is 4. The first kappa shape index (κ1) is 18.9. The number of pyridine rings is 2. The summed E-state index contributed by atoms with van der Waals surface area (Å²) in [6.45, 7) is 0. The molecule has 0 saturated carbocycles. The van der Waals surface area contributed by atoms with Crippen LogP contribution >= 0.6 is 0 Å². The van der Waals surface area contributed by atoms with Crippen LogP contribution in [0, 0.1) is 0 Å². The quantitative estimate of drug-likeness (QED) is 0.478. The zero-order valence-electron chi connectivity index (χ0n) is 16.7. The van der Waals surface area contributed by atoms with Crippen molar-refractivity contribution in [1.82, 2.24) is 19.7 Å². The van der Waals surface area contributed by atoms with E-state index in [2.05, 4.69) is 51.6 Å². The van der Waals surface area contributed by atoms with Gasteiger partial charge in [0.1, 0.15) is 0 Å². The van der Waals surface area contributed by atoms with Crippen molar-refractivity contribution in [2.45, 2.75) is 19.3 Å². The van der Waals surface area contributed by atoms with Crippen molar-refractivity contribution in [3.05, 3.63) is 95.7 Å². The van der Waals surface area contributed by atoms with E-state index in [-0.39, 0.29) is 0 Å². The highest BCUT2D eigenvalue weighted by atomic mass is 16.5. The number of ether oxygens (including phenoxy) is 1. The van der Waals surface area contributed by atoms with E-state index in [4.69, 9.17) is 4.74 Å². The first-order valence-corrected chi connectivity index (χ1v) is 9.71. The molecule has 0 fully saturated rings. The van der Waals surface area contributed by atoms with E-state index >= 15 is 0 Å². The van der Waals surface area contributed by atoms with Gasteiger partial charge in [-0.2, -0.15) is 5.10 Å². The van der Waals surface area contributed by atoms with E-state index < -0.39 is 0 Å². The van der Waals surface area contributed by atoms with Gasteiger partial charge in [-0.05, 0) is 47.7 Å². The lowest BCUT2D eigenvalue weighted by molar-refractivity contribution is 0.399. The Balaban J connectivity index is 1.50. The highest BCUT2D eigenvalue weighted by molar-refractivity contribution is 5.70. The molecule has 3 aromatic heterocycles. The van der Waals surface area contributed by atoms with Gasteiger partial charge in [0.2, 0.25) is 5.88 Å². The maximum Gasteiger partial charge on any atom is 0.221 e. The van der Waals surface area contributed by atoms with E-state index in [1.54, 1.807) is 13.3 Å². The van der Waals surface area contributed by atoms with Gasteiger partial charge in [0.05, 0.1) is 19.0 Å². The minimum absolute atomic E-state index is 0.618. The van der Waals surface area contributed by atoms with Crippen LogP contribution in [0.4, 0.5) is 0 Å². The molecule has 29 heavy (non-hydrogen) atoms. The molecule has 0 atom stereocenters. The Bertz CT molecular complexity index is 1090. The summed E-state index contributed by atoms with van der Waals surface area (Å²) in [4.78, 5) is 8.96. The average molecular weight is 384 g/mol. The van der Waals surface area contributed by atoms with Crippen LogP contribution in [0.1, 0.15) is 22.4 Å². The molecule has 0 spiro atoms. The standard InChI is InChI=1S/C24H24N4O/c1-28-17-20(16-27-28)12-9-18-7-10-19(11-8-18)15-23-21(5-3-13-25-23)22-6-4-14-26-24(22)29-2/h3-8,10-11,13-14,16-17H,9,12,15H2,1-2H3. The Morgan fingerprint density at radius 3 is 2.24 bits per heavy atom. The molecule has 5 heteroatoms. The summed E-state index contributed by atoms with van der Waals surface area (Å²) in [5.41, 5.74) is 6.86. The molecule has 0 saturated heterocycles. The summed E-state index contributed by atoms with van der Waals surface area (Å²) >= 11 is 0. The number of rotatable bonds is 7.